The van der Waals surface area contributed by atoms with Crippen LogP contribution >= 0.6 is 0 Å². The van der Waals surface area contributed by atoms with Gasteiger partial charge in [-0.15, -0.1) is 0 Å². The fourth-order valence-corrected chi connectivity index (χ4v) is 14.1. The zero-order chi connectivity index (χ0) is 49.5. The number of hydrogen-bond acceptors (Lipinski definition) is 18. The Morgan fingerprint density at radius 1 is 0.716 bits per heavy atom. The number of rotatable bonds is 14. The van der Waals surface area contributed by atoms with Gasteiger partial charge < -0.3 is 84.6 Å². The van der Waals surface area contributed by atoms with Crippen molar-refractivity contribution in [2.24, 2.45) is 45.3 Å². The smallest absolute Gasteiger partial charge is 0.187 e. The first-order valence-corrected chi connectivity index (χ1v) is 24.8. The summed E-state index contributed by atoms with van der Waals surface area (Å²) in [5, 5.41) is 117. The van der Waals surface area contributed by atoms with Gasteiger partial charge in [-0.2, -0.15) is 0 Å². The summed E-state index contributed by atoms with van der Waals surface area (Å²) in [6.45, 7) is 16.8. The molecule has 0 aromatic rings. The summed E-state index contributed by atoms with van der Waals surface area (Å²) in [5.41, 5.74) is -2.08. The number of fused-ring (bicyclic) bond motifs is 5. The minimum Gasteiger partial charge on any atom is -0.394 e. The summed E-state index contributed by atoms with van der Waals surface area (Å²) in [4.78, 5) is 15.1. The van der Waals surface area contributed by atoms with Crippen LogP contribution < -0.4 is 0 Å². The molecule has 7 aliphatic rings. The molecule has 18 heteroatoms. The van der Waals surface area contributed by atoms with Crippen molar-refractivity contribution in [1.29, 1.82) is 0 Å². The van der Waals surface area contributed by atoms with Gasteiger partial charge in [0.05, 0.1) is 37.1 Å². The molecule has 0 amide bonds. The van der Waals surface area contributed by atoms with Crippen molar-refractivity contribution < 1.29 is 89.4 Å². The van der Waals surface area contributed by atoms with Crippen molar-refractivity contribution in [3.05, 3.63) is 11.6 Å². The van der Waals surface area contributed by atoms with Crippen LogP contribution in [0.2, 0.25) is 0 Å². The van der Waals surface area contributed by atoms with E-state index in [-0.39, 0.29) is 46.7 Å². The molecule has 7 rings (SSSR count). The van der Waals surface area contributed by atoms with Gasteiger partial charge in [0.15, 0.2) is 18.9 Å². The lowest BCUT2D eigenvalue weighted by atomic mass is 9.38. The van der Waals surface area contributed by atoms with Crippen molar-refractivity contribution in [2.75, 3.05) is 13.2 Å². The van der Waals surface area contributed by atoms with E-state index in [1.807, 2.05) is 0 Å². The van der Waals surface area contributed by atoms with Gasteiger partial charge in [-0.05, 0) is 99.7 Å². The fourth-order valence-electron chi connectivity index (χ4n) is 14.1. The Morgan fingerprint density at radius 2 is 1.27 bits per heavy atom. The second kappa shape index (κ2) is 19.6. The molecule has 386 valence electrons. The summed E-state index contributed by atoms with van der Waals surface area (Å²) in [6.07, 6.45) is -15.4. The van der Waals surface area contributed by atoms with E-state index in [9.17, 15) is 56.2 Å². The number of Topliss-reactive ketones (excluding diaryl/α,β-unsaturated/α-hetero) is 1. The van der Waals surface area contributed by atoms with E-state index in [0.717, 1.165) is 18.4 Å². The maximum Gasteiger partial charge on any atom is 0.187 e. The van der Waals surface area contributed by atoms with Gasteiger partial charge in [-0.1, -0.05) is 60.1 Å². The molecule has 3 unspecified atom stereocenters. The number of ketones is 1. The molecule has 0 aromatic carbocycles. The number of aliphatic hydroxyl groups excluding tert-OH is 10. The quantitative estimate of drug-likeness (QED) is 0.106. The average molecular weight is 959 g/mol. The van der Waals surface area contributed by atoms with Crippen molar-refractivity contribution >= 4 is 5.78 Å². The van der Waals surface area contributed by atoms with Crippen LogP contribution in [-0.4, -0.2) is 185 Å². The Bertz CT molecular complexity index is 1750. The first-order chi connectivity index (χ1) is 31.2. The lowest BCUT2D eigenvalue weighted by Gasteiger charge is -2.65. The third kappa shape index (κ3) is 9.05. The van der Waals surface area contributed by atoms with Crippen LogP contribution in [0.3, 0.4) is 0 Å². The molecule has 3 saturated heterocycles. The number of ether oxygens (including phenoxy) is 6. The van der Waals surface area contributed by atoms with E-state index in [1.165, 1.54) is 0 Å². The zero-order valence-corrected chi connectivity index (χ0v) is 40.8. The van der Waals surface area contributed by atoms with Crippen molar-refractivity contribution in [1.82, 2.24) is 0 Å². The molecule has 0 bridgehead atoms. The molecule has 3 aliphatic heterocycles. The molecule has 0 spiro atoms. The SMILES string of the molecule is CC[C@@H]1O[C@H](O[C@H]2[C@H](O[C@H](CC[C@@H](C)C3CC[C@@]4(C)C5CC=C6C(CC[C@H](O[C@@H]7O[C@H](CO)[C@@H](O)[C@H](O)[C@H]7O)C6(C)C)[C@]5(C)C(=O)C[C@]34C)C(C)(C)O)O[C@H](CO)[C@@H](O)[C@@H]2O)[C@@H](O)[C@H](O)[C@H]1O. The highest BCUT2D eigenvalue weighted by molar-refractivity contribution is 5.88. The van der Waals surface area contributed by atoms with E-state index in [4.69, 9.17) is 28.4 Å². The number of aliphatic hydroxyl groups is 11. The molecule has 0 aromatic heterocycles. The second-order valence-electron chi connectivity index (χ2n) is 23.0. The summed E-state index contributed by atoms with van der Waals surface area (Å²) in [7, 11) is 0. The molecular formula is C49H82O18. The summed E-state index contributed by atoms with van der Waals surface area (Å²) in [5.74, 6) is 0.488. The highest BCUT2D eigenvalue weighted by Crippen LogP contribution is 2.74. The van der Waals surface area contributed by atoms with E-state index in [0.29, 0.717) is 38.5 Å². The summed E-state index contributed by atoms with van der Waals surface area (Å²) in [6, 6.07) is 0. The minimum atomic E-state index is -1.73. The number of allylic oxidation sites excluding steroid dienone is 1. The highest BCUT2D eigenvalue weighted by Gasteiger charge is 2.70. The summed E-state index contributed by atoms with van der Waals surface area (Å²) >= 11 is 0. The fraction of sp³-hybridized carbons (Fsp3) is 0.939. The molecular weight excluding hydrogens is 877 g/mol. The second-order valence-corrected chi connectivity index (χ2v) is 23.0. The van der Waals surface area contributed by atoms with Gasteiger partial charge in [-0.25, -0.2) is 0 Å². The topological polar surface area (TPSA) is 295 Å². The van der Waals surface area contributed by atoms with Gasteiger partial charge >= 0.3 is 0 Å². The van der Waals surface area contributed by atoms with E-state index >= 15 is 4.79 Å². The molecule has 3 saturated carbocycles. The van der Waals surface area contributed by atoms with Gasteiger partial charge in [0.25, 0.3) is 0 Å². The Kier molecular flexibility index (Phi) is 15.7. The Balaban J connectivity index is 1.06. The van der Waals surface area contributed by atoms with Crippen molar-refractivity contribution in [3.8, 4) is 0 Å². The van der Waals surface area contributed by atoms with E-state index < -0.39 is 134 Å². The number of carbonyl (C=O) groups is 1. The standard InChI is InChI=1S/C49H82O18/c1-10-26-33(53)36(56)40(60)43(62-26)67-41-38(58)35(55)28(21-51)64-44(41)66-32(46(5,6)61)15-11-22(2)23-17-18-47(7)29-14-12-24-25(49(29,9)30(52)19-48(23,47)8)13-16-31(45(24,3)4)65-42-39(59)37(57)34(54)27(20-50)63-42/h12,22-23,25-29,31-44,50-51,53-61H,10-11,13-21H2,1-9H3/t22-,23?,25?,26+,27-,28-,29?,31+,32-,33+,34-,35-,36-,37+,38+,39-,40+,41-,42+,43-,44+,47+,48-,49+/m1/s1. The molecule has 11 N–H and O–H groups in total. The molecule has 6 fully saturated rings. The molecule has 18 nitrogen and oxygen atoms in total. The third-order valence-corrected chi connectivity index (χ3v) is 18.6. The lowest BCUT2D eigenvalue weighted by Crippen LogP contribution is -2.65. The van der Waals surface area contributed by atoms with Gasteiger partial charge in [0.2, 0.25) is 0 Å². The van der Waals surface area contributed by atoms with E-state index in [2.05, 4.69) is 47.6 Å². The van der Waals surface area contributed by atoms with Gasteiger partial charge in [0, 0.05) is 17.3 Å². The Morgan fingerprint density at radius 3 is 1.85 bits per heavy atom. The monoisotopic (exact) mass is 959 g/mol. The van der Waals surface area contributed by atoms with Crippen LogP contribution in [-0.2, 0) is 33.2 Å². The first kappa shape index (κ1) is 53.5. The predicted octanol–water partition coefficient (Wildman–Crippen LogP) is 0.570. The maximum absolute atomic E-state index is 15.1. The van der Waals surface area contributed by atoms with Crippen LogP contribution in [0.25, 0.3) is 0 Å². The summed E-state index contributed by atoms with van der Waals surface area (Å²) < 4.78 is 36.3. The third-order valence-electron chi connectivity index (χ3n) is 18.6. The minimum absolute atomic E-state index is 0.0384. The van der Waals surface area contributed by atoms with E-state index in [1.54, 1.807) is 20.8 Å². The maximum atomic E-state index is 15.1. The first-order valence-electron chi connectivity index (χ1n) is 24.8. The molecule has 3 heterocycles. The Labute approximate surface area is 394 Å². The van der Waals surface area contributed by atoms with Gasteiger partial charge in [0.1, 0.15) is 72.9 Å². The molecule has 24 atom stereocenters. The largest absolute Gasteiger partial charge is 0.394 e. The normalized spacial score (nSPS) is 49.9. The molecule has 67 heavy (non-hydrogen) atoms. The highest BCUT2D eigenvalue weighted by atomic mass is 16.8. The van der Waals surface area contributed by atoms with Crippen LogP contribution in [0.4, 0.5) is 0 Å². The predicted molar refractivity (Wildman–Crippen MR) is 237 cm³/mol. The van der Waals surface area contributed by atoms with Crippen molar-refractivity contribution in [2.45, 2.75) is 230 Å². The Hall–Kier alpha value is -1.27. The van der Waals surface area contributed by atoms with Crippen molar-refractivity contribution in [3.63, 3.8) is 0 Å². The average Bonchev–Trinajstić information content (AvgIpc) is 3.54. The molecule has 0 radical (unpaired) electrons. The molecule has 4 aliphatic carbocycles. The van der Waals surface area contributed by atoms with Crippen LogP contribution in [0.5, 0.6) is 0 Å². The van der Waals surface area contributed by atoms with Gasteiger partial charge in [-0.3, -0.25) is 4.79 Å². The van der Waals surface area contributed by atoms with Crippen LogP contribution in [0, 0.1) is 45.3 Å². The van der Waals surface area contributed by atoms with Crippen LogP contribution in [0.15, 0.2) is 11.6 Å². The zero-order valence-electron chi connectivity index (χ0n) is 40.8. The number of carbonyl (C=O) groups excluding carboxylic acids is 1. The number of hydrogen-bond donors (Lipinski definition) is 11. The lowest BCUT2D eigenvalue weighted by molar-refractivity contribution is -0.374. The van der Waals surface area contributed by atoms with Crippen LogP contribution in [0.1, 0.15) is 120 Å².